The SMILES string of the molecule is COC(=O)c1cc(OC)c(OC)c(OC)c1NS(=O)(=O)c1cc([N+](=O)[O-])ccc1OC. The molecule has 0 amide bonds. The van der Waals surface area contributed by atoms with E-state index in [1.54, 1.807) is 0 Å². The maximum Gasteiger partial charge on any atom is 0.340 e. The van der Waals surface area contributed by atoms with Crippen molar-refractivity contribution in [1.29, 1.82) is 0 Å². The fourth-order valence-electron chi connectivity index (χ4n) is 2.71. The van der Waals surface area contributed by atoms with Crippen LogP contribution in [0.5, 0.6) is 23.0 Å². The summed E-state index contributed by atoms with van der Waals surface area (Å²) in [6, 6.07) is 4.26. The number of nitrogens with zero attached hydrogens (tertiary/aromatic N) is 1. The summed E-state index contributed by atoms with van der Waals surface area (Å²) >= 11 is 0. The van der Waals surface area contributed by atoms with Gasteiger partial charge in [0.1, 0.15) is 16.3 Å². The summed E-state index contributed by atoms with van der Waals surface area (Å²) in [6.45, 7) is 0. The third-order valence-electron chi connectivity index (χ3n) is 4.12. The van der Waals surface area contributed by atoms with Gasteiger partial charge in [0, 0.05) is 18.2 Å². The van der Waals surface area contributed by atoms with Gasteiger partial charge in [-0.1, -0.05) is 0 Å². The zero-order valence-electron chi connectivity index (χ0n) is 17.2. The number of sulfonamides is 1. The molecule has 0 spiro atoms. The monoisotopic (exact) mass is 456 g/mol. The second kappa shape index (κ2) is 9.38. The Bertz CT molecular complexity index is 1110. The summed E-state index contributed by atoms with van der Waals surface area (Å²) in [7, 11) is 1.63. The predicted molar refractivity (Wildman–Crippen MR) is 108 cm³/mol. The number of anilines is 1. The molecule has 0 aliphatic carbocycles. The number of ether oxygens (including phenoxy) is 5. The van der Waals surface area contributed by atoms with Crippen LogP contribution in [0.1, 0.15) is 10.4 Å². The van der Waals surface area contributed by atoms with Crippen LogP contribution in [0.4, 0.5) is 11.4 Å². The molecule has 12 nitrogen and oxygen atoms in total. The largest absolute Gasteiger partial charge is 0.495 e. The highest BCUT2D eigenvalue weighted by Crippen LogP contribution is 2.46. The normalized spacial score (nSPS) is 10.7. The summed E-state index contributed by atoms with van der Waals surface area (Å²) < 4.78 is 53.9. The van der Waals surface area contributed by atoms with E-state index in [1.807, 2.05) is 0 Å². The van der Waals surface area contributed by atoms with Crippen molar-refractivity contribution in [1.82, 2.24) is 0 Å². The quantitative estimate of drug-likeness (QED) is 0.337. The zero-order chi connectivity index (χ0) is 23.3. The number of hydrogen-bond donors (Lipinski definition) is 1. The van der Waals surface area contributed by atoms with Gasteiger partial charge in [0.25, 0.3) is 15.7 Å². The summed E-state index contributed by atoms with van der Waals surface area (Å²) in [5, 5.41) is 11.1. The fourth-order valence-corrected chi connectivity index (χ4v) is 3.98. The molecule has 2 aromatic rings. The highest BCUT2D eigenvalue weighted by atomic mass is 32.2. The molecular weight excluding hydrogens is 436 g/mol. The molecule has 0 saturated carbocycles. The third-order valence-corrected chi connectivity index (χ3v) is 5.49. The summed E-state index contributed by atoms with van der Waals surface area (Å²) in [5.74, 6) is -1.15. The van der Waals surface area contributed by atoms with Crippen molar-refractivity contribution in [3.05, 3.63) is 39.9 Å². The average Bonchev–Trinajstić information content (AvgIpc) is 2.76. The van der Waals surface area contributed by atoms with Crippen molar-refractivity contribution in [3.63, 3.8) is 0 Å². The second-order valence-electron chi connectivity index (χ2n) is 5.76. The molecule has 0 saturated heterocycles. The Morgan fingerprint density at radius 2 is 1.55 bits per heavy atom. The highest BCUT2D eigenvalue weighted by molar-refractivity contribution is 7.92. The van der Waals surface area contributed by atoms with E-state index in [4.69, 9.17) is 23.7 Å². The molecule has 2 rings (SSSR count). The zero-order valence-corrected chi connectivity index (χ0v) is 18.1. The van der Waals surface area contributed by atoms with Gasteiger partial charge < -0.3 is 23.7 Å². The maximum absolute atomic E-state index is 13.1. The van der Waals surface area contributed by atoms with Crippen molar-refractivity contribution < 1.29 is 41.8 Å². The Morgan fingerprint density at radius 1 is 0.935 bits per heavy atom. The van der Waals surface area contributed by atoms with Crippen LogP contribution in [0.25, 0.3) is 0 Å². The van der Waals surface area contributed by atoms with Crippen LogP contribution in [0.15, 0.2) is 29.2 Å². The molecular formula is C18H20N2O10S. The topological polar surface area (TPSA) is 153 Å². The van der Waals surface area contributed by atoms with E-state index in [0.29, 0.717) is 0 Å². The van der Waals surface area contributed by atoms with Crippen LogP contribution < -0.4 is 23.7 Å². The maximum atomic E-state index is 13.1. The Balaban J connectivity index is 2.78. The van der Waals surface area contributed by atoms with Gasteiger partial charge in [0.05, 0.1) is 46.0 Å². The summed E-state index contributed by atoms with van der Waals surface area (Å²) in [5.41, 5.74) is -1.04. The van der Waals surface area contributed by atoms with Crippen molar-refractivity contribution in [3.8, 4) is 23.0 Å². The van der Waals surface area contributed by atoms with Gasteiger partial charge in [-0.3, -0.25) is 14.8 Å². The van der Waals surface area contributed by atoms with E-state index in [-0.39, 0.29) is 34.2 Å². The molecule has 0 radical (unpaired) electrons. The minimum atomic E-state index is -4.52. The van der Waals surface area contributed by atoms with Crippen LogP contribution in [-0.2, 0) is 14.8 Å². The minimum Gasteiger partial charge on any atom is -0.495 e. The van der Waals surface area contributed by atoms with Crippen LogP contribution >= 0.6 is 0 Å². The number of rotatable bonds is 9. The van der Waals surface area contributed by atoms with Gasteiger partial charge in [-0.05, 0) is 6.07 Å². The second-order valence-corrected chi connectivity index (χ2v) is 7.41. The molecule has 31 heavy (non-hydrogen) atoms. The molecule has 13 heteroatoms. The minimum absolute atomic E-state index is 0.00126. The van der Waals surface area contributed by atoms with Gasteiger partial charge in [-0.25, -0.2) is 13.2 Å². The third kappa shape index (κ3) is 4.55. The number of nitrogens with one attached hydrogen (secondary N) is 1. The van der Waals surface area contributed by atoms with E-state index in [9.17, 15) is 23.3 Å². The van der Waals surface area contributed by atoms with Crippen molar-refractivity contribution in [2.24, 2.45) is 0 Å². The Hall–Kier alpha value is -3.74. The number of nitro benzene ring substituents is 1. The van der Waals surface area contributed by atoms with Crippen LogP contribution in [0.3, 0.4) is 0 Å². The van der Waals surface area contributed by atoms with Crippen LogP contribution in [0, 0.1) is 10.1 Å². The Labute approximate surface area is 177 Å². The molecule has 0 bridgehead atoms. The molecule has 2 aromatic carbocycles. The van der Waals surface area contributed by atoms with Gasteiger partial charge in [0.2, 0.25) is 5.75 Å². The first-order valence-corrected chi connectivity index (χ1v) is 9.89. The van der Waals surface area contributed by atoms with E-state index < -0.39 is 31.5 Å². The number of non-ortho nitro benzene ring substituents is 1. The molecule has 0 atom stereocenters. The molecule has 1 N–H and O–H groups in total. The molecule has 0 heterocycles. The lowest BCUT2D eigenvalue weighted by atomic mass is 10.1. The number of benzene rings is 2. The predicted octanol–water partition coefficient (Wildman–Crippen LogP) is 2.22. The van der Waals surface area contributed by atoms with Gasteiger partial charge in [-0.15, -0.1) is 0 Å². The Morgan fingerprint density at radius 3 is 2.03 bits per heavy atom. The molecule has 0 unspecified atom stereocenters. The lowest BCUT2D eigenvalue weighted by Gasteiger charge is -2.20. The van der Waals surface area contributed by atoms with Crippen molar-refractivity contribution in [2.45, 2.75) is 4.90 Å². The molecule has 0 fully saturated rings. The number of esters is 1. The van der Waals surface area contributed by atoms with Crippen LogP contribution in [0.2, 0.25) is 0 Å². The first-order valence-electron chi connectivity index (χ1n) is 8.41. The standard InChI is InChI=1S/C18H20N2O10S/c1-26-12-7-6-10(20(22)23)8-14(12)31(24,25)19-15-11(18(21)30-5)9-13(27-2)16(28-3)17(15)29-4/h6-9,19H,1-5H3. The van der Waals surface area contributed by atoms with Gasteiger partial charge >= 0.3 is 5.97 Å². The van der Waals surface area contributed by atoms with E-state index in [0.717, 1.165) is 25.3 Å². The number of carbonyl (C=O) groups excluding carboxylic acids is 1. The molecule has 0 aliphatic rings. The Kier molecular flexibility index (Phi) is 7.12. The number of carbonyl (C=O) groups is 1. The smallest absolute Gasteiger partial charge is 0.340 e. The van der Waals surface area contributed by atoms with Crippen LogP contribution in [-0.4, -0.2) is 54.9 Å². The van der Waals surface area contributed by atoms with E-state index >= 15 is 0 Å². The first kappa shape index (κ1) is 23.5. The van der Waals surface area contributed by atoms with Crippen molar-refractivity contribution >= 4 is 27.4 Å². The lowest BCUT2D eigenvalue weighted by molar-refractivity contribution is -0.385. The average molecular weight is 456 g/mol. The van der Waals surface area contributed by atoms with Gasteiger partial charge in [-0.2, -0.15) is 0 Å². The fraction of sp³-hybridized carbons (Fsp3) is 0.278. The first-order chi connectivity index (χ1) is 14.6. The van der Waals surface area contributed by atoms with Gasteiger partial charge in [0.15, 0.2) is 11.5 Å². The number of hydrogen-bond acceptors (Lipinski definition) is 10. The molecule has 168 valence electrons. The number of methoxy groups -OCH3 is 5. The highest BCUT2D eigenvalue weighted by Gasteiger charge is 2.30. The van der Waals surface area contributed by atoms with E-state index in [2.05, 4.69) is 4.72 Å². The van der Waals surface area contributed by atoms with E-state index in [1.165, 1.54) is 34.5 Å². The molecule has 0 aromatic heterocycles. The summed E-state index contributed by atoms with van der Waals surface area (Å²) in [4.78, 5) is 22.2. The number of nitro groups is 1. The lowest BCUT2D eigenvalue weighted by Crippen LogP contribution is -2.18. The molecule has 0 aliphatic heterocycles. The van der Waals surface area contributed by atoms with Crippen molar-refractivity contribution in [2.75, 3.05) is 40.3 Å². The summed E-state index contributed by atoms with van der Waals surface area (Å²) in [6.07, 6.45) is 0.